The zero-order valence-electron chi connectivity index (χ0n) is 11.3. The Morgan fingerprint density at radius 2 is 1.52 bits per heavy atom. The molecule has 1 heterocycles. The first kappa shape index (κ1) is 13.5. The maximum atomic E-state index is 12.8. The molecule has 0 unspecified atom stereocenters. The van der Waals surface area contributed by atoms with E-state index in [0.717, 1.165) is 5.56 Å². The van der Waals surface area contributed by atoms with Crippen LogP contribution in [-0.2, 0) is 19.7 Å². The maximum absolute atomic E-state index is 12.8. The highest BCUT2D eigenvalue weighted by atomic mass is 32.3. The Bertz CT molecular complexity index is 788. The average molecular weight is 324 g/mol. The molecular weight excluding hydrogens is 308 g/mol. The fraction of sp³-hybridized carbons (Fsp3) is 0.467. The Hall–Kier alpha value is -1.14. The lowest BCUT2D eigenvalue weighted by Gasteiger charge is -2.36. The van der Waals surface area contributed by atoms with Crippen LogP contribution in [0.15, 0.2) is 42.5 Å². The van der Waals surface area contributed by atoms with Gasteiger partial charge in [-0.1, -0.05) is 42.5 Å². The molecule has 1 aromatic rings. The zero-order chi connectivity index (χ0) is 14.9. The number of hydrogen-bond acceptors (Lipinski definition) is 4. The van der Waals surface area contributed by atoms with Crippen molar-refractivity contribution in [2.45, 2.75) is 16.4 Å². The lowest BCUT2D eigenvalue weighted by Crippen LogP contribution is -2.49. The van der Waals surface area contributed by atoms with Crippen molar-refractivity contribution in [2.24, 2.45) is 11.8 Å². The van der Waals surface area contributed by atoms with E-state index in [-0.39, 0.29) is 17.4 Å². The third kappa shape index (κ3) is 1.45. The lowest BCUT2D eigenvalue weighted by atomic mass is 9.86. The topological polar surface area (TPSA) is 68.3 Å². The molecule has 21 heavy (non-hydrogen) atoms. The van der Waals surface area contributed by atoms with Gasteiger partial charge in [0.05, 0.1) is 11.5 Å². The second-order valence-corrected chi connectivity index (χ2v) is 11.0. The highest BCUT2D eigenvalue weighted by Gasteiger charge is 2.73. The molecule has 4 nitrogen and oxygen atoms in total. The summed E-state index contributed by atoms with van der Waals surface area (Å²) >= 11 is 0. The molecule has 1 saturated heterocycles. The third-order valence-electron chi connectivity index (χ3n) is 5.25. The Morgan fingerprint density at radius 1 is 0.905 bits per heavy atom. The number of rotatable bonds is 1. The first-order valence-electron chi connectivity index (χ1n) is 7.08. The lowest BCUT2D eigenvalue weighted by molar-refractivity contribution is 0.485. The summed E-state index contributed by atoms with van der Waals surface area (Å²) in [5.74, 6) is -1.35. The molecule has 4 rings (SSSR count). The first-order chi connectivity index (χ1) is 9.90. The van der Waals surface area contributed by atoms with Crippen LogP contribution < -0.4 is 0 Å². The average Bonchev–Trinajstić information content (AvgIpc) is 3.09. The number of benzene rings is 1. The molecule has 1 spiro atoms. The van der Waals surface area contributed by atoms with Gasteiger partial charge in [-0.05, 0) is 17.9 Å². The highest BCUT2D eigenvalue weighted by molar-refractivity contribution is 8.13. The van der Waals surface area contributed by atoms with Gasteiger partial charge < -0.3 is 0 Å². The zero-order valence-corrected chi connectivity index (χ0v) is 13.0. The SMILES string of the molecule is O=S1(=O)CCS(=O)(=O)C12[C@@H]1C=C[C@@H](C1)[C@H]2c1ccccc1. The van der Waals surface area contributed by atoms with Gasteiger partial charge in [0.1, 0.15) is 0 Å². The van der Waals surface area contributed by atoms with E-state index in [0.29, 0.717) is 6.42 Å². The van der Waals surface area contributed by atoms with Gasteiger partial charge in [0.25, 0.3) is 0 Å². The summed E-state index contributed by atoms with van der Waals surface area (Å²) in [6.07, 6.45) is 4.43. The summed E-state index contributed by atoms with van der Waals surface area (Å²) < 4.78 is 49.4. The molecule has 1 aromatic carbocycles. The standard InChI is InChI=1S/C15H16O4S2/c16-20(17)8-9-21(18,19)15(20)13-7-6-12(10-13)14(15)11-4-2-1-3-5-11/h1-7,12-14H,8-10H2/t12-,13+,14+/m0/s1. The van der Waals surface area contributed by atoms with Gasteiger partial charge in [0.15, 0.2) is 23.8 Å². The third-order valence-corrected chi connectivity index (χ3v) is 11.6. The Balaban J connectivity index is 2.05. The van der Waals surface area contributed by atoms with E-state index in [2.05, 4.69) is 0 Å². The van der Waals surface area contributed by atoms with Crippen molar-refractivity contribution in [3.63, 3.8) is 0 Å². The molecule has 2 aliphatic carbocycles. The molecule has 2 fully saturated rings. The van der Waals surface area contributed by atoms with E-state index >= 15 is 0 Å². The van der Waals surface area contributed by atoms with E-state index in [1.165, 1.54) is 0 Å². The minimum atomic E-state index is -3.66. The van der Waals surface area contributed by atoms with E-state index in [4.69, 9.17) is 0 Å². The van der Waals surface area contributed by atoms with Crippen LogP contribution in [0, 0.1) is 11.8 Å². The van der Waals surface area contributed by atoms with E-state index in [1.807, 2.05) is 42.5 Å². The van der Waals surface area contributed by atoms with Crippen molar-refractivity contribution in [1.82, 2.24) is 0 Å². The second kappa shape index (κ2) is 3.98. The van der Waals surface area contributed by atoms with Gasteiger partial charge in [-0.15, -0.1) is 0 Å². The van der Waals surface area contributed by atoms with Crippen LogP contribution in [-0.4, -0.2) is 32.4 Å². The van der Waals surface area contributed by atoms with E-state index < -0.39 is 35.6 Å². The predicted molar refractivity (Wildman–Crippen MR) is 80.2 cm³/mol. The largest absolute Gasteiger partial charge is 0.227 e. The van der Waals surface area contributed by atoms with E-state index in [1.54, 1.807) is 0 Å². The highest BCUT2D eigenvalue weighted by Crippen LogP contribution is 2.63. The molecule has 0 N–H and O–H groups in total. The smallest absolute Gasteiger partial charge is 0.186 e. The Labute approximate surface area is 124 Å². The molecule has 3 atom stereocenters. The van der Waals surface area contributed by atoms with Crippen LogP contribution in [0.4, 0.5) is 0 Å². The van der Waals surface area contributed by atoms with Gasteiger partial charge in [0.2, 0.25) is 0 Å². The summed E-state index contributed by atoms with van der Waals surface area (Å²) in [6.45, 7) is 0. The molecular formula is C15H16O4S2. The molecule has 3 aliphatic rings. The van der Waals surface area contributed by atoms with Crippen LogP contribution in [0.25, 0.3) is 0 Å². The molecule has 1 aliphatic heterocycles. The minimum Gasteiger partial charge on any atom is -0.227 e. The van der Waals surface area contributed by atoms with Crippen molar-refractivity contribution >= 4 is 19.7 Å². The van der Waals surface area contributed by atoms with Crippen molar-refractivity contribution in [2.75, 3.05) is 11.5 Å². The van der Waals surface area contributed by atoms with Crippen LogP contribution in [0.5, 0.6) is 0 Å². The first-order valence-corrected chi connectivity index (χ1v) is 10.4. The van der Waals surface area contributed by atoms with Crippen LogP contribution in [0.3, 0.4) is 0 Å². The quantitative estimate of drug-likeness (QED) is 0.735. The molecule has 0 amide bonds. The summed E-state index contributed by atoms with van der Waals surface area (Å²) in [7, 11) is -7.32. The monoisotopic (exact) mass is 324 g/mol. The van der Waals surface area contributed by atoms with Gasteiger partial charge in [-0.25, -0.2) is 16.8 Å². The van der Waals surface area contributed by atoms with Gasteiger partial charge in [0, 0.05) is 11.8 Å². The molecule has 0 aromatic heterocycles. The van der Waals surface area contributed by atoms with Crippen molar-refractivity contribution < 1.29 is 16.8 Å². The fourth-order valence-corrected chi connectivity index (χ4v) is 11.6. The van der Waals surface area contributed by atoms with Crippen molar-refractivity contribution in [3.8, 4) is 0 Å². The Morgan fingerprint density at radius 3 is 2.14 bits per heavy atom. The van der Waals surface area contributed by atoms with Gasteiger partial charge >= 0.3 is 0 Å². The fourth-order valence-electron chi connectivity index (χ4n) is 4.52. The van der Waals surface area contributed by atoms with Crippen LogP contribution in [0.2, 0.25) is 0 Å². The van der Waals surface area contributed by atoms with Gasteiger partial charge in [-0.2, -0.15) is 0 Å². The Kier molecular flexibility index (Phi) is 2.56. The van der Waals surface area contributed by atoms with Crippen LogP contribution >= 0.6 is 0 Å². The maximum Gasteiger partial charge on any atom is 0.186 e. The number of sulfone groups is 2. The molecule has 112 valence electrons. The van der Waals surface area contributed by atoms with Crippen LogP contribution in [0.1, 0.15) is 17.9 Å². The summed E-state index contributed by atoms with van der Waals surface area (Å²) in [4.78, 5) is 0. The second-order valence-electron chi connectivity index (χ2n) is 6.14. The number of hydrogen-bond donors (Lipinski definition) is 0. The summed E-state index contributed by atoms with van der Waals surface area (Å²) in [5, 5.41) is 0. The number of allylic oxidation sites excluding steroid dienone is 2. The molecule has 2 bridgehead atoms. The van der Waals surface area contributed by atoms with Crippen molar-refractivity contribution in [3.05, 3.63) is 48.0 Å². The number of fused-ring (bicyclic) bond motifs is 3. The van der Waals surface area contributed by atoms with Crippen molar-refractivity contribution in [1.29, 1.82) is 0 Å². The van der Waals surface area contributed by atoms with Gasteiger partial charge in [-0.3, -0.25) is 0 Å². The summed E-state index contributed by atoms with van der Waals surface area (Å²) in [5.41, 5.74) is 0.823. The minimum absolute atomic E-state index is 0.0000463. The summed E-state index contributed by atoms with van der Waals surface area (Å²) in [6, 6.07) is 9.24. The van der Waals surface area contributed by atoms with E-state index in [9.17, 15) is 16.8 Å². The predicted octanol–water partition coefficient (Wildman–Crippen LogP) is 1.52. The molecule has 6 heteroatoms. The molecule has 1 saturated carbocycles. The molecule has 0 radical (unpaired) electrons. The normalized spacial score (nSPS) is 37.2.